The van der Waals surface area contributed by atoms with Crippen LogP contribution in [0.25, 0.3) is 0 Å². The molecule has 1 N–H and O–H groups in total. The van der Waals surface area contributed by atoms with Crippen LogP contribution in [0.4, 0.5) is 0 Å². The first-order valence-electron chi connectivity index (χ1n) is 7.54. The zero-order valence-electron chi connectivity index (χ0n) is 13.5. The van der Waals surface area contributed by atoms with Crippen molar-refractivity contribution in [3.8, 4) is 11.5 Å². The summed E-state index contributed by atoms with van der Waals surface area (Å²) in [6.07, 6.45) is 1.81. The van der Waals surface area contributed by atoms with Gasteiger partial charge in [0.2, 0.25) is 10.0 Å². The smallest absolute Gasteiger partial charge is 0.219 e. The first-order chi connectivity index (χ1) is 10.9. The van der Waals surface area contributed by atoms with Gasteiger partial charge in [-0.25, -0.2) is 13.1 Å². The number of hydroxylamine groups is 2. The topological polar surface area (TPSA) is 77.1 Å². The van der Waals surface area contributed by atoms with Crippen LogP contribution in [-0.2, 0) is 14.9 Å². The average Bonchev–Trinajstić information content (AvgIpc) is 3.24. The largest absolute Gasteiger partial charge is 0.497 e. The van der Waals surface area contributed by atoms with Crippen LogP contribution in [0.15, 0.2) is 18.2 Å². The molecule has 1 aromatic carbocycles. The van der Waals surface area contributed by atoms with Crippen molar-refractivity contribution in [1.82, 2.24) is 9.79 Å². The molecule has 1 heterocycles. The van der Waals surface area contributed by atoms with E-state index in [1.807, 2.05) is 12.1 Å². The number of hydrogen-bond donors (Lipinski definition) is 1. The Kier molecular flexibility index (Phi) is 4.50. The van der Waals surface area contributed by atoms with E-state index in [-0.39, 0.29) is 12.6 Å². The summed E-state index contributed by atoms with van der Waals surface area (Å²) in [5.74, 6) is 1.23. The molecule has 7 nitrogen and oxygen atoms in total. The van der Waals surface area contributed by atoms with Gasteiger partial charge in [0.25, 0.3) is 0 Å². The number of sulfonamides is 1. The normalized spacial score (nSPS) is 25.5. The van der Waals surface area contributed by atoms with Crippen molar-refractivity contribution < 1.29 is 22.7 Å². The maximum atomic E-state index is 12.6. The number of ether oxygens (including phenoxy) is 2. The molecule has 1 aromatic rings. The Labute approximate surface area is 136 Å². The molecule has 1 saturated heterocycles. The third-order valence-corrected chi connectivity index (χ3v) is 6.06. The highest BCUT2D eigenvalue weighted by Crippen LogP contribution is 2.37. The molecule has 0 bridgehead atoms. The zero-order chi connectivity index (χ0) is 16.6. The Balaban J connectivity index is 1.94. The molecule has 0 radical (unpaired) electrons. The molecule has 23 heavy (non-hydrogen) atoms. The van der Waals surface area contributed by atoms with Crippen molar-refractivity contribution >= 4 is 10.0 Å². The van der Waals surface area contributed by atoms with Crippen LogP contribution in [0, 0.1) is 0 Å². The highest BCUT2D eigenvalue weighted by Gasteiger charge is 2.45. The van der Waals surface area contributed by atoms with E-state index in [1.165, 1.54) is 0 Å². The van der Waals surface area contributed by atoms with Gasteiger partial charge in [-0.2, -0.15) is 5.06 Å². The molecule has 2 aliphatic rings. The zero-order valence-corrected chi connectivity index (χ0v) is 14.3. The van der Waals surface area contributed by atoms with Gasteiger partial charge in [-0.05, 0) is 30.5 Å². The third-order valence-electron chi connectivity index (χ3n) is 4.21. The fraction of sp³-hybridized carbons (Fsp3) is 0.600. The van der Waals surface area contributed by atoms with Crippen LogP contribution >= 0.6 is 0 Å². The molecule has 1 aliphatic heterocycles. The molecule has 1 aliphatic carbocycles. The summed E-state index contributed by atoms with van der Waals surface area (Å²) in [5.41, 5.74) is 0.785. The summed E-state index contributed by atoms with van der Waals surface area (Å²) >= 11 is 0. The van der Waals surface area contributed by atoms with E-state index in [0.29, 0.717) is 11.5 Å². The summed E-state index contributed by atoms with van der Waals surface area (Å²) in [6, 6.07) is 5.04. The first kappa shape index (κ1) is 16.5. The van der Waals surface area contributed by atoms with Crippen LogP contribution in [0.3, 0.4) is 0 Å². The Morgan fingerprint density at radius 1 is 1.17 bits per heavy atom. The van der Waals surface area contributed by atoms with E-state index >= 15 is 0 Å². The van der Waals surface area contributed by atoms with Crippen LogP contribution in [0.5, 0.6) is 11.5 Å². The van der Waals surface area contributed by atoms with Gasteiger partial charge in [-0.1, -0.05) is 0 Å². The van der Waals surface area contributed by atoms with Crippen molar-refractivity contribution in [2.24, 2.45) is 0 Å². The first-order valence-corrected chi connectivity index (χ1v) is 9.09. The molecular formula is C15H22N2O5S. The average molecular weight is 342 g/mol. The molecular weight excluding hydrogens is 320 g/mol. The van der Waals surface area contributed by atoms with Crippen molar-refractivity contribution in [3.63, 3.8) is 0 Å². The van der Waals surface area contributed by atoms with Gasteiger partial charge in [-0.3, -0.25) is 4.84 Å². The molecule has 3 rings (SSSR count). The van der Waals surface area contributed by atoms with Crippen molar-refractivity contribution in [2.75, 3.05) is 27.9 Å². The Morgan fingerprint density at radius 3 is 2.30 bits per heavy atom. The second-order valence-corrected chi connectivity index (χ2v) is 7.84. The van der Waals surface area contributed by atoms with Crippen molar-refractivity contribution in [3.05, 3.63) is 23.8 Å². The maximum absolute atomic E-state index is 12.6. The van der Waals surface area contributed by atoms with Crippen molar-refractivity contribution in [2.45, 2.75) is 30.2 Å². The van der Waals surface area contributed by atoms with E-state index in [0.717, 1.165) is 18.4 Å². The molecule has 0 aromatic heterocycles. The quantitative estimate of drug-likeness (QED) is 0.833. The van der Waals surface area contributed by atoms with Crippen LogP contribution < -0.4 is 14.2 Å². The lowest BCUT2D eigenvalue weighted by atomic mass is 10.0. The number of rotatable bonds is 6. The minimum atomic E-state index is -3.46. The molecule has 1 saturated carbocycles. The molecule has 2 unspecified atom stereocenters. The number of hydrogen-bond acceptors (Lipinski definition) is 6. The van der Waals surface area contributed by atoms with E-state index in [1.54, 1.807) is 32.4 Å². The van der Waals surface area contributed by atoms with Gasteiger partial charge < -0.3 is 9.47 Å². The highest BCUT2D eigenvalue weighted by atomic mass is 32.2. The fourth-order valence-electron chi connectivity index (χ4n) is 2.80. The van der Waals surface area contributed by atoms with Gasteiger partial charge in [0.1, 0.15) is 16.7 Å². The summed E-state index contributed by atoms with van der Waals surface area (Å²) in [4.78, 5) is 5.50. The number of nitrogens with one attached hydrogen (secondary N) is 1. The molecule has 128 valence electrons. The van der Waals surface area contributed by atoms with Crippen LogP contribution in [0.2, 0.25) is 0 Å². The maximum Gasteiger partial charge on any atom is 0.219 e. The number of benzene rings is 1. The monoisotopic (exact) mass is 342 g/mol. The molecule has 0 spiro atoms. The lowest BCUT2D eigenvalue weighted by Crippen LogP contribution is -2.40. The predicted molar refractivity (Wildman–Crippen MR) is 84.9 cm³/mol. The standard InChI is InChI=1S/C15H22N2O5S/c1-17-15(10-6-12(20-2)8-13(7-10)21-3)14(9-22-17)23(18,19)16-11-4-5-11/h6-8,11,14-16H,4-5,9H2,1-3H3. The SMILES string of the molecule is COc1cc(OC)cc(C2C(S(=O)(=O)NC3CC3)CON2C)c1. The third kappa shape index (κ3) is 3.45. The van der Waals surface area contributed by atoms with E-state index < -0.39 is 21.3 Å². The van der Waals surface area contributed by atoms with E-state index in [4.69, 9.17) is 14.3 Å². The fourth-order valence-corrected chi connectivity index (χ4v) is 4.58. The Morgan fingerprint density at radius 2 is 1.78 bits per heavy atom. The minimum Gasteiger partial charge on any atom is -0.497 e. The second-order valence-electron chi connectivity index (χ2n) is 5.91. The predicted octanol–water partition coefficient (Wildman–Crippen LogP) is 1.07. The Bertz CT molecular complexity index is 652. The van der Waals surface area contributed by atoms with Gasteiger partial charge in [0, 0.05) is 19.2 Å². The highest BCUT2D eigenvalue weighted by molar-refractivity contribution is 7.90. The second kappa shape index (κ2) is 6.27. The van der Waals surface area contributed by atoms with Gasteiger partial charge in [0.15, 0.2) is 0 Å². The molecule has 2 fully saturated rings. The molecule has 0 amide bonds. The molecule has 8 heteroatoms. The number of methoxy groups -OCH3 is 2. The van der Waals surface area contributed by atoms with Crippen molar-refractivity contribution in [1.29, 1.82) is 0 Å². The van der Waals surface area contributed by atoms with Gasteiger partial charge >= 0.3 is 0 Å². The Hall–Kier alpha value is -1.35. The summed E-state index contributed by atoms with van der Waals surface area (Å²) < 4.78 is 38.6. The van der Waals surface area contributed by atoms with Gasteiger partial charge in [0.05, 0.1) is 26.9 Å². The summed E-state index contributed by atoms with van der Waals surface area (Å²) in [6.45, 7) is 0.128. The van der Waals surface area contributed by atoms with E-state index in [9.17, 15) is 8.42 Å². The summed E-state index contributed by atoms with van der Waals surface area (Å²) in [7, 11) is 1.41. The lowest BCUT2D eigenvalue weighted by molar-refractivity contribution is -0.110. The minimum absolute atomic E-state index is 0.0754. The van der Waals surface area contributed by atoms with Gasteiger partial charge in [-0.15, -0.1) is 0 Å². The number of nitrogens with zero attached hydrogens (tertiary/aromatic N) is 1. The van der Waals surface area contributed by atoms with E-state index in [2.05, 4.69) is 4.72 Å². The van der Waals surface area contributed by atoms with Crippen LogP contribution in [-0.4, -0.2) is 52.6 Å². The summed E-state index contributed by atoms with van der Waals surface area (Å²) in [5, 5.41) is 0.912. The molecule has 2 atom stereocenters. The lowest BCUT2D eigenvalue weighted by Gasteiger charge is -2.24. The van der Waals surface area contributed by atoms with Crippen LogP contribution in [0.1, 0.15) is 24.4 Å².